The molecule has 0 saturated heterocycles. The molecule has 2 aliphatic rings. The van der Waals surface area contributed by atoms with Gasteiger partial charge in [-0.05, 0) is 70.3 Å². The van der Waals surface area contributed by atoms with Gasteiger partial charge < -0.3 is 9.47 Å². The Balaban J connectivity index is 1.10. The SMILES string of the molecule is c1ccc(-c2cc(-c3ccccn3)nc(-c3ccc4c(c3)Oc3ccc5c(c3O4)-c3ccccc3C5(c3ccccc3)c3ccccc3)n2)cc1. The van der Waals surface area contributed by atoms with Crippen molar-refractivity contribution in [3.05, 3.63) is 198 Å². The lowest BCUT2D eigenvalue weighted by Gasteiger charge is -2.34. The standard InChI is InChI=1S/C46H29N3O2/c1-4-14-30(15-5-1)38-29-39(37-22-12-13-27-47-37)49-45(48-38)31-23-25-40-42(28-31)50-41-26-24-36-43(44(41)51-40)34-20-10-11-21-35(34)46(36,32-16-6-2-7-17-32)33-18-8-3-9-19-33/h1-29H. The predicted molar refractivity (Wildman–Crippen MR) is 200 cm³/mol. The highest BCUT2D eigenvalue weighted by molar-refractivity contribution is 5.92. The van der Waals surface area contributed by atoms with Crippen LogP contribution >= 0.6 is 0 Å². The van der Waals surface area contributed by atoms with Crippen LogP contribution in [-0.4, -0.2) is 15.0 Å². The molecule has 2 aromatic heterocycles. The summed E-state index contributed by atoms with van der Waals surface area (Å²) in [6.45, 7) is 0. The fraction of sp³-hybridized carbons (Fsp3) is 0.0217. The Morgan fingerprint density at radius 3 is 1.84 bits per heavy atom. The first-order valence-corrected chi connectivity index (χ1v) is 17.0. The summed E-state index contributed by atoms with van der Waals surface area (Å²) in [5.41, 5.74) is 10.6. The van der Waals surface area contributed by atoms with Crippen LogP contribution in [0, 0.1) is 0 Å². The zero-order valence-corrected chi connectivity index (χ0v) is 27.4. The first-order chi connectivity index (χ1) is 25.3. The van der Waals surface area contributed by atoms with Crippen LogP contribution in [0.1, 0.15) is 22.3 Å². The quantitative estimate of drug-likeness (QED) is 0.185. The van der Waals surface area contributed by atoms with Crippen LogP contribution in [0.2, 0.25) is 0 Å². The normalized spacial score (nSPS) is 13.2. The van der Waals surface area contributed by atoms with Gasteiger partial charge in [0.05, 0.1) is 22.5 Å². The van der Waals surface area contributed by atoms with E-state index in [2.05, 4.69) is 108 Å². The second-order valence-electron chi connectivity index (χ2n) is 12.8. The van der Waals surface area contributed by atoms with Crippen LogP contribution in [0.25, 0.3) is 45.2 Å². The molecule has 3 heterocycles. The van der Waals surface area contributed by atoms with E-state index in [9.17, 15) is 0 Å². The Labute approximate surface area is 295 Å². The van der Waals surface area contributed by atoms with E-state index < -0.39 is 5.41 Å². The molecule has 0 unspecified atom stereocenters. The van der Waals surface area contributed by atoms with Crippen molar-refractivity contribution in [2.24, 2.45) is 0 Å². The maximum Gasteiger partial charge on any atom is 0.178 e. The summed E-state index contributed by atoms with van der Waals surface area (Å²) >= 11 is 0. The molecule has 0 atom stereocenters. The number of nitrogens with zero attached hydrogens (tertiary/aromatic N) is 3. The minimum atomic E-state index is -0.524. The third kappa shape index (κ3) is 4.59. The Morgan fingerprint density at radius 2 is 1.10 bits per heavy atom. The molecule has 51 heavy (non-hydrogen) atoms. The number of hydrogen-bond acceptors (Lipinski definition) is 5. The molecule has 0 amide bonds. The van der Waals surface area contributed by atoms with Crippen LogP contribution in [0.3, 0.4) is 0 Å². The summed E-state index contributed by atoms with van der Waals surface area (Å²) in [6.07, 6.45) is 1.78. The number of benzene rings is 6. The van der Waals surface area contributed by atoms with Crippen LogP contribution in [-0.2, 0) is 5.41 Å². The first kappa shape index (κ1) is 29.1. The van der Waals surface area contributed by atoms with Crippen LogP contribution in [0.4, 0.5) is 0 Å². The number of pyridine rings is 1. The van der Waals surface area contributed by atoms with Crippen LogP contribution in [0.15, 0.2) is 176 Å². The van der Waals surface area contributed by atoms with Crippen molar-refractivity contribution in [2.45, 2.75) is 5.41 Å². The molecule has 0 N–H and O–H groups in total. The summed E-state index contributed by atoms with van der Waals surface area (Å²) < 4.78 is 13.5. The molecular formula is C46H29N3O2. The maximum absolute atomic E-state index is 6.84. The maximum atomic E-state index is 6.84. The fourth-order valence-electron chi connectivity index (χ4n) is 7.68. The monoisotopic (exact) mass is 655 g/mol. The number of hydrogen-bond donors (Lipinski definition) is 0. The molecule has 1 aliphatic heterocycles. The summed E-state index contributed by atoms with van der Waals surface area (Å²) in [4.78, 5) is 14.5. The van der Waals surface area contributed by atoms with Gasteiger partial charge in [-0.25, -0.2) is 9.97 Å². The second-order valence-corrected chi connectivity index (χ2v) is 12.8. The lowest BCUT2D eigenvalue weighted by molar-refractivity contribution is 0.360. The van der Waals surface area contributed by atoms with Gasteiger partial charge in [0.15, 0.2) is 28.8 Å². The minimum Gasteiger partial charge on any atom is -0.449 e. The average Bonchev–Trinajstić information content (AvgIpc) is 3.52. The van der Waals surface area contributed by atoms with Crippen molar-refractivity contribution in [3.8, 4) is 68.2 Å². The first-order valence-electron chi connectivity index (χ1n) is 17.0. The van der Waals surface area contributed by atoms with E-state index in [1.54, 1.807) is 6.20 Å². The molecule has 1 aliphatic carbocycles. The summed E-state index contributed by atoms with van der Waals surface area (Å²) in [5.74, 6) is 3.20. The van der Waals surface area contributed by atoms with E-state index in [0.717, 1.165) is 44.9 Å². The smallest absolute Gasteiger partial charge is 0.178 e. The Hall–Kier alpha value is -6.85. The van der Waals surface area contributed by atoms with Gasteiger partial charge in [-0.15, -0.1) is 0 Å². The molecule has 240 valence electrons. The van der Waals surface area contributed by atoms with Crippen LogP contribution < -0.4 is 9.47 Å². The summed E-state index contributed by atoms with van der Waals surface area (Å²) in [6, 6.07) is 58.3. The second kappa shape index (κ2) is 11.6. The fourth-order valence-corrected chi connectivity index (χ4v) is 7.68. The van der Waals surface area contributed by atoms with E-state index in [1.165, 1.54) is 16.7 Å². The summed E-state index contributed by atoms with van der Waals surface area (Å²) in [7, 11) is 0. The molecular weight excluding hydrogens is 627 g/mol. The third-order valence-corrected chi connectivity index (χ3v) is 9.90. The highest BCUT2D eigenvalue weighted by Gasteiger charge is 2.48. The Kier molecular flexibility index (Phi) is 6.64. The van der Waals surface area contributed by atoms with E-state index in [1.807, 2.05) is 66.7 Å². The molecule has 0 spiro atoms. The predicted octanol–water partition coefficient (Wildman–Crippen LogP) is 11.1. The topological polar surface area (TPSA) is 57.1 Å². The number of aromatic nitrogens is 3. The van der Waals surface area contributed by atoms with Crippen molar-refractivity contribution in [1.82, 2.24) is 15.0 Å². The minimum absolute atomic E-state index is 0.524. The van der Waals surface area contributed by atoms with Gasteiger partial charge in [0.25, 0.3) is 0 Å². The molecule has 0 bridgehead atoms. The third-order valence-electron chi connectivity index (χ3n) is 9.90. The van der Waals surface area contributed by atoms with E-state index >= 15 is 0 Å². The van der Waals surface area contributed by atoms with Gasteiger partial charge in [0, 0.05) is 22.9 Å². The molecule has 6 aromatic carbocycles. The highest BCUT2D eigenvalue weighted by Crippen LogP contribution is 2.62. The van der Waals surface area contributed by atoms with Gasteiger partial charge in [0.2, 0.25) is 0 Å². The van der Waals surface area contributed by atoms with Crippen molar-refractivity contribution in [2.75, 3.05) is 0 Å². The largest absolute Gasteiger partial charge is 0.449 e. The number of ether oxygens (including phenoxy) is 2. The molecule has 0 fully saturated rings. The molecule has 10 rings (SSSR count). The van der Waals surface area contributed by atoms with Gasteiger partial charge >= 0.3 is 0 Å². The van der Waals surface area contributed by atoms with Gasteiger partial charge in [-0.3, -0.25) is 4.98 Å². The van der Waals surface area contributed by atoms with Gasteiger partial charge in [-0.1, -0.05) is 127 Å². The highest BCUT2D eigenvalue weighted by atomic mass is 16.6. The molecule has 5 nitrogen and oxygen atoms in total. The van der Waals surface area contributed by atoms with Gasteiger partial charge in [0.1, 0.15) is 0 Å². The van der Waals surface area contributed by atoms with E-state index in [0.29, 0.717) is 28.8 Å². The Bertz CT molecular complexity index is 2480. The zero-order chi connectivity index (χ0) is 33.8. The van der Waals surface area contributed by atoms with Crippen LogP contribution in [0.5, 0.6) is 23.0 Å². The lowest BCUT2D eigenvalue weighted by Crippen LogP contribution is -2.28. The summed E-state index contributed by atoms with van der Waals surface area (Å²) in [5, 5.41) is 0. The average molecular weight is 656 g/mol. The molecule has 0 saturated carbocycles. The Morgan fingerprint density at radius 1 is 0.431 bits per heavy atom. The van der Waals surface area contributed by atoms with Crippen molar-refractivity contribution in [1.29, 1.82) is 0 Å². The van der Waals surface area contributed by atoms with E-state index in [4.69, 9.17) is 19.4 Å². The van der Waals surface area contributed by atoms with Crippen molar-refractivity contribution < 1.29 is 9.47 Å². The lowest BCUT2D eigenvalue weighted by atomic mass is 9.68. The number of rotatable bonds is 5. The van der Waals surface area contributed by atoms with Crippen molar-refractivity contribution >= 4 is 0 Å². The zero-order valence-electron chi connectivity index (χ0n) is 27.4. The molecule has 5 heteroatoms. The van der Waals surface area contributed by atoms with Gasteiger partial charge in [-0.2, -0.15) is 0 Å². The molecule has 0 radical (unpaired) electrons. The van der Waals surface area contributed by atoms with Crippen molar-refractivity contribution in [3.63, 3.8) is 0 Å². The molecule has 8 aromatic rings. The van der Waals surface area contributed by atoms with E-state index in [-0.39, 0.29) is 0 Å². The number of fused-ring (bicyclic) bond motifs is 6.